The Bertz CT molecular complexity index is 1120. The number of nitrogens with one attached hydrogen (secondary N) is 1. The predicted octanol–water partition coefficient (Wildman–Crippen LogP) is 3.54. The lowest BCUT2D eigenvalue weighted by molar-refractivity contribution is -0.386. The first kappa shape index (κ1) is 20.7. The van der Waals surface area contributed by atoms with E-state index in [9.17, 15) is 19.3 Å². The fourth-order valence-corrected chi connectivity index (χ4v) is 3.63. The second kappa shape index (κ2) is 8.31. The van der Waals surface area contributed by atoms with Gasteiger partial charge in [-0.3, -0.25) is 19.8 Å². The molecule has 0 aromatic heterocycles. The second-order valence-corrected chi connectivity index (χ2v) is 7.51. The molecule has 0 atom stereocenters. The van der Waals surface area contributed by atoms with Gasteiger partial charge in [-0.1, -0.05) is 6.07 Å². The minimum atomic E-state index is -0.645. The van der Waals surface area contributed by atoms with Crippen LogP contribution in [0.1, 0.15) is 24.0 Å². The third kappa shape index (κ3) is 4.33. The van der Waals surface area contributed by atoms with Gasteiger partial charge < -0.3 is 14.8 Å². The SMILES string of the molecule is COc1ccc(C=C2NC(=S)N(C3CC3)C2=O)cc1COc1cc(F)ccc1[N+](=O)[O-]. The maximum absolute atomic E-state index is 13.5. The van der Waals surface area contributed by atoms with Crippen LogP contribution in [0.5, 0.6) is 11.5 Å². The first-order chi connectivity index (χ1) is 14.9. The summed E-state index contributed by atoms with van der Waals surface area (Å²) in [7, 11) is 1.48. The highest BCUT2D eigenvalue weighted by Gasteiger charge is 2.41. The van der Waals surface area contributed by atoms with Crippen molar-refractivity contribution in [1.82, 2.24) is 10.2 Å². The largest absolute Gasteiger partial charge is 0.496 e. The third-order valence-corrected chi connectivity index (χ3v) is 5.24. The van der Waals surface area contributed by atoms with Crippen molar-refractivity contribution in [3.63, 3.8) is 0 Å². The van der Waals surface area contributed by atoms with Crippen LogP contribution < -0.4 is 14.8 Å². The molecule has 0 radical (unpaired) electrons. The van der Waals surface area contributed by atoms with Crippen LogP contribution >= 0.6 is 12.2 Å². The van der Waals surface area contributed by atoms with Crippen LogP contribution in [0.15, 0.2) is 42.1 Å². The quantitative estimate of drug-likeness (QED) is 0.303. The zero-order valence-electron chi connectivity index (χ0n) is 16.5. The van der Waals surface area contributed by atoms with E-state index in [0.717, 1.165) is 31.0 Å². The number of nitrogens with zero attached hydrogens (tertiary/aromatic N) is 2. The normalized spacial score (nSPS) is 17.1. The molecule has 1 saturated carbocycles. The molecule has 1 saturated heterocycles. The number of amides is 1. The van der Waals surface area contributed by atoms with Gasteiger partial charge in [0.1, 0.15) is 23.9 Å². The summed E-state index contributed by atoms with van der Waals surface area (Å²) in [4.78, 5) is 24.7. The maximum atomic E-state index is 13.5. The van der Waals surface area contributed by atoms with Gasteiger partial charge in [0.25, 0.3) is 5.91 Å². The summed E-state index contributed by atoms with van der Waals surface area (Å²) < 4.78 is 24.4. The number of nitro groups is 1. The van der Waals surface area contributed by atoms with Crippen LogP contribution in [0, 0.1) is 15.9 Å². The first-order valence-corrected chi connectivity index (χ1v) is 9.88. The Morgan fingerprint density at radius 3 is 2.74 bits per heavy atom. The molecule has 31 heavy (non-hydrogen) atoms. The lowest BCUT2D eigenvalue weighted by atomic mass is 10.1. The second-order valence-electron chi connectivity index (χ2n) is 7.12. The van der Waals surface area contributed by atoms with Crippen LogP contribution in [-0.2, 0) is 11.4 Å². The molecule has 8 nitrogen and oxygen atoms in total. The Labute approximate surface area is 182 Å². The molecule has 2 aromatic carbocycles. The fourth-order valence-electron chi connectivity index (χ4n) is 3.29. The van der Waals surface area contributed by atoms with Gasteiger partial charge in [-0.05, 0) is 54.9 Å². The van der Waals surface area contributed by atoms with Crippen molar-refractivity contribution < 1.29 is 23.6 Å². The van der Waals surface area contributed by atoms with E-state index in [-0.39, 0.29) is 30.0 Å². The van der Waals surface area contributed by atoms with Crippen molar-refractivity contribution in [2.45, 2.75) is 25.5 Å². The van der Waals surface area contributed by atoms with E-state index in [0.29, 0.717) is 27.7 Å². The monoisotopic (exact) mass is 443 g/mol. The predicted molar refractivity (Wildman–Crippen MR) is 114 cm³/mol. The van der Waals surface area contributed by atoms with E-state index in [1.54, 1.807) is 29.2 Å². The van der Waals surface area contributed by atoms with E-state index in [1.807, 2.05) is 0 Å². The number of carbonyl (C=O) groups is 1. The highest BCUT2D eigenvalue weighted by Crippen LogP contribution is 2.32. The number of rotatable bonds is 7. The molecular formula is C21H18FN3O5S. The molecule has 2 fully saturated rings. The number of benzene rings is 2. The average Bonchev–Trinajstić information content (AvgIpc) is 3.52. The minimum absolute atomic E-state index is 0.0987. The van der Waals surface area contributed by atoms with Crippen molar-refractivity contribution in [2.75, 3.05) is 7.11 Å². The number of methoxy groups -OCH3 is 1. The number of ether oxygens (including phenoxy) is 2. The summed E-state index contributed by atoms with van der Waals surface area (Å²) >= 11 is 5.26. The van der Waals surface area contributed by atoms with E-state index < -0.39 is 10.7 Å². The molecule has 1 amide bonds. The van der Waals surface area contributed by atoms with Crippen LogP contribution in [-0.4, -0.2) is 34.0 Å². The Morgan fingerprint density at radius 2 is 2.06 bits per heavy atom. The van der Waals surface area contributed by atoms with Gasteiger partial charge in [0.15, 0.2) is 10.9 Å². The molecule has 1 aliphatic heterocycles. The Balaban J connectivity index is 1.58. The van der Waals surface area contributed by atoms with Crippen LogP contribution in [0.2, 0.25) is 0 Å². The molecule has 160 valence electrons. The Hall–Kier alpha value is -3.53. The van der Waals surface area contributed by atoms with Crippen LogP contribution in [0.3, 0.4) is 0 Å². The number of halogens is 1. The fraction of sp³-hybridized carbons (Fsp3) is 0.238. The van der Waals surface area contributed by atoms with Gasteiger partial charge in [-0.15, -0.1) is 0 Å². The zero-order valence-corrected chi connectivity index (χ0v) is 17.3. The first-order valence-electron chi connectivity index (χ1n) is 9.47. The van der Waals surface area contributed by atoms with Gasteiger partial charge in [0.2, 0.25) is 0 Å². The number of nitro benzene ring substituents is 1. The molecule has 2 aromatic rings. The molecule has 1 aliphatic carbocycles. The smallest absolute Gasteiger partial charge is 0.311 e. The summed E-state index contributed by atoms with van der Waals surface area (Å²) in [5, 5.41) is 14.5. The van der Waals surface area contributed by atoms with Crippen LogP contribution in [0.25, 0.3) is 6.08 Å². The maximum Gasteiger partial charge on any atom is 0.311 e. The van der Waals surface area contributed by atoms with Gasteiger partial charge in [0, 0.05) is 23.7 Å². The zero-order chi connectivity index (χ0) is 22.1. The van der Waals surface area contributed by atoms with Gasteiger partial charge in [-0.2, -0.15) is 0 Å². The summed E-state index contributed by atoms with van der Waals surface area (Å²) in [6.07, 6.45) is 3.55. The average molecular weight is 443 g/mol. The number of hydrogen-bond donors (Lipinski definition) is 1. The van der Waals surface area contributed by atoms with Crippen molar-refractivity contribution in [3.8, 4) is 11.5 Å². The van der Waals surface area contributed by atoms with E-state index in [4.69, 9.17) is 21.7 Å². The number of carbonyl (C=O) groups excluding carboxylic acids is 1. The van der Waals surface area contributed by atoms with Gasteiger partial charge >= 0.3 is 5.69 Å². The molecule has 0 spiro atoms. The van der Waals surface area contributed by atoms with E-state index >= 15 is 0 Å². The lowest BCUT2D eigenvalue weighted by Crippen LogP contribution is -2.32. The Kier molecular flexibility index (Phi) is 5.55. The topological polar surface area (TPSA) is 93.9 Å². The molecular weight excluding hydrogens is 425 g/mol. The highest BCUT2D eigenvalue weighted by molar-refractivity contribution is 7.80. The molecule has 2 aliphatic rings. The molecule has 4 rings (SSSR count). The van der Waals surface area contributed by atoms with Gasteiger partial charge in [-0.25, -0.2) is 4.39 Å². The Morgan fingerprint density at radius 1 is 1.29 bits per heavy atom. The molecule has 1 N–H and O–H groups in total. The summed E-state index contributed by atoms with van der Waals surface area (Å²) in [5.41, 5.74) is 1.29. The molecule has 0 bridgehead atoms. The number of hydrogen-bond acceptors (Lipinski definition) is 6. The summed E-state index contributed by atoms with van der Waals surface area (Å²) in [6, 6.07) is 8.37. The molecule has 10 heteroatoms. The third-order valence-electron chi connectivity index (χ3n) is 4.94. The summed E-state index contributed by atoms with van der Waals surface area (Å²) in [5.74, 6) is -0.513. The van der Waals surface area contributed by atoms with Crippen LogP contribution in [0.4, 0.5) is 10.1 Å². The van der Waals surface area contributed by atoms with Crippen molar-refractivity contribution in [3.05, 3.63) is 69.2 Å². The number of thiocarbonyl (C=S) groups is 1. The standard InChI is InChI=1S/C21H18FN3O5S/c1-29-18-7-2-12(9-16-20(26)24(15-4-5-15)21(31)23-16)8-13(18)11-30-19-10-14(22)3-6-17(19)25(27)28/h2-3,6-10,15H,4-5,11H2,1H3,(H,23,31). The summed E-state index contributed by atoms with van der Waals surface area (Å²) in [6.45, 7) is -0.0987. The lowest BCUT2D eigenvalue weighted by Gasteiger charge is -2.12. The van der Waals surface area contributed by atoms with Crippen molar-refractivity contribution in [2.24, 2.45) is 0 Å². The molecule has 1 heterocycles. The van der Waals surface area contributed by atoms with Crippen molar-refractivity contribution >= 4 is 35.0 Å². The van der Waals surface area contributed by atoms with E-state index in [1.165, 1.54) is 7.11 Å². The highest BCUT2D eigenvalue weighted by atomic mass is 32.1. The van der Waals surface area contributed by atoms with Gasteiger partial charge in [0.05, 0.1) is 12.0 Å². The van der Waals surface area contributed by atoms with Crippen molar-refractivity contribution in [1.29, 1.82) is 0 Å². The molecule has 0 unspecified atom stereocenters. The van der Waals surface area contributed by atoms with E-state index in [2.05, 4.69) is 5.32 Å². The minimum Gasteiger partial charge on any atom is -0.496 e.